The highest BCUT2D eigenvalue weighted by Crippen LogP contribution is 2.39. The summed E-state index contributed by atoms with van der Waals surface area (Å²) in [5.74, 6) is -0.687. The largest absolute Gasteiger partial charge is 0.330 e. The first-order valence-electron chi connectivity index (χ1n) is 6.50. The van der Waals surface area contributed by atoms with Crippen molar-refractivity contribution in [1.82, 2.24) is 4.98 Å². The van der Waals surface area contributed by atoms with Crippen molar-refractivity contribution in [2.75, 3.05) is 6.54 Å². The normalized spacial score (nSPS) is 18.6. The molecule has 0 aromatic carbocycles. The number of hydrogen-bond donors (Lipinski definition) is 1. The summed E-state index contributed by atoms with van der Waals surface area (Å²) in [6.45, 7) is 0.505. The minimum Gasteiger partial charge on any atom is -0.330 e. The summed E-state index contributed by atoms with van der Waals surface area (Å²) >= 11 is 0. The van der Waals surface area contributed by atoms with Crippen LogP contribution >= 0.6 is 0 Å². The second-order valence-electron chi connectivity index (χ2n) is 5.22. The highest BCUT2D eigenvalue weighted by molar-refractivity contribution is 5.96. The zero-order chi connectivity index (χ0) is 13.0. The number of nitrogens with zero attached hydrogens (tertiary/aromatic N) is 1. The third kappa shape index (κ3) is 2.75. The maximum absolute atomic E-state index is 13.5. The van der Waals surface area contributed by atoms with E-state index in [2.05, 4.69) is 4.98 Å². The van der Waals surface area contributed by atoms with Gasteiger partial charge in [-0.3, -0.25) is 9.78 Å². The molecule has 18 heavy (non-hydrogen) atoms. The first-order valence-corrected chi connectivity index (χ1v) is 6.50. The Balaban J connectivity index is 2.13. The fraction of sp³-hybridized carbons (Fsp3) is 0.571. The van der Waals surface area contributed by atoms with Crippen LogP contribution in [0.1, 0.15) is 48.9 Å². The lowest BCUT2D eigenvalue weighted by Crippen LogP contribution is -2.35. The van der Waals surface area contributed by atoms with E-state index in [1.165, 1.54) is 18.7 Å². The van der Waals surface area contributed by atoms with Crippen LogP contribution < -0.4 is 5.73 Å². The summed E-state index contributed by atoms with van der Waals surface area (Å²) in [5.41, 5.74) is 5.87. The molecule has 2 N–H and O–H groups in total. The number of aromatic nitrogens is 1. The van der Waals surface area contributed by atoms with Gasteiger partial charge in [0.05, 0.1) is 11.8 Å². The van der Waals surface area contributed by atoms with Crippen molar-refractivity contribution in [1.29, 1.82) is 0 Å². The molecule has 0 unspecified atom stereocenters. The third-order valence-electron chi connectivity index (χ3n) is 3.96. The molecule has 1 heterocycles. The lowest BCUT2D eigenvalue weighted by Gasteiger charge is -2.35. The molecule has 1 aromatic heterocycles. The zero-order valence-electron chi connectivity index (χ0n) is 10.5. The number of halogens is 1. The van der Waals surface area contributed by atoms with E-state index in [9.17, 15) is 9.18 Å². The quantitative estimate of drug-likeness (QED) is 0.836. The molecule has 98 valence electrons. The molecule has 2 rings (SSSR count). The number of ketones is 1. The van der Waals surface area contributed by atoms with Crippen LogP contribution in [-0.2, 0) is 0 Å². The third-order valence-corrected chi connectivity index (χ3v) is 3.96. The molecule has 4 heteroatoms. The van der Waals surface area contributed by atoms with Crippen LogP contribution in [0.4, 0.5) is 4.39 Å². The van der Waals surface area contributed by atoms with Gasteiger partial charge in [-0.25, -0.2) is 4.39 Å². The van der Waals surface area contributed by atoms with Crippen LogP contribution in [0.5, 0.6) is 0 Å². The number of carbonyl (C=O) groups excluding carboxylic acids is 1. The first-order chi connectivity index (χ1) is 8.67. The molecule has 0 aliphatic heterocycles. The first kappa shape index (κ1) is 13.1. The van der Waals surface area contributed by atoms with Gasteiger partial charge in [-0.1, -0.05) is 19.3 Å². The van der Waals surface area contributed by atoms with Crippen molar-refractivity contribution in [3.05, 3.63) is 29.8 Å². The topological polar surface area (TPSA) is 56.0 Å². The van der Waals surface area contributed by atoms with Gasteiger partial charge in [0.2, 0.25) is 0 Å². The molecular formula is C14H19FN2O. The maximum atomic E-state index is 13.5. The highest BCUT2D eigenvalue weighted by atomic mass is 19.1. The molecule has 0 radical (unpaired) electrons. The molecule has 1 aliphatic rings. The Morgan fingerprint density at radius 3 is 2.72 bits per heavy atom. The van der Waals surface area contributed by atoms with E-state index in [4.69, 9.17) is 5.73 Å². The molecular weight excluding hydrogens is 231 g/mol. The second kappa shape index (κ2) is 5.57. The van der Waals surface area contributed by atoms with E-state index in [-0.39, 0.29) is 16.8 Å². The molecule has 3 nitrogen and oxygen atoms in total. The van der Waals surface area contributed by atoms with Crippen LogP contribution in [0.15, 0.2) is 18.5 Å². The minimum absolute atomic E-state index is 0.120. The van der Waals surface area contributed by atoms with Gasteiger partial charge in [0.15, 0.2) is 11.6 Å². The number of nitrogens with two attached hydrogens (primary N) is 1. The fourth-order valence-electron chi connectivity index (χ4n) is 2.79. The molecule has 1 aromatic rings. The van der Waals surface area contributed by atoms with Crippen molar-refractivity contribution < 1.29 is 9.18 Å². The van der Waals surface area contributed by atoms with Crippen molar-refractivity contribution in [3.8, 4) is 0 Å². The van der Waals surface area contributed by atoms with E-state index in [0.29, 0.717) is 13.0 Å². The molecule has 0 amide bonds. The van der Waals surface area contributed by atoms with Crippen LogP contribution in [0.3, 0.4) is 0 Å². The monoisotopic (exact) mass is 250 g/mol. The summed E-state index contributed by atoms with van der Waals surface area (Å²) in [7, 11) is 0. The smallest absolute Gasteiger partial charge is 0.166 e. The lowest BCUT2D eigenvalue weighted by molar-refractivity contribution is 0.0864. The highest BCUT2D eigenvalue weighted by Gasteiger charge is 2.33. The van der Waals surface area contributed by atoms with Crippen molar-refractivity contribution in [2.45, 2.75) is 38.5 Å². The van der Waals surface area contributed by atoms with Gasteiger partial charge in [-0.15, -0.1) is 0 Å². The van der Waals surface area contributed by atoms with Gasteiger partial charge in [-0.05, 0) is 30.9 Å². The number of pyridine rings is 1. The van der Waals surface area contributed by atoms with Gasteiger partial charge < -0.3 is 5.73 Å². The van der Waals surface area contributed by atoms with Crippen molar-refractivity contribution in [3.63, 3.8) is 0 Å². The van der Waals surface area contributed by atoms with E-state index < -0.39 is 5.82 Å². The summed E-state index contributed by atoms with van der Waals surface area (Å²) in [6, 6.07) is 1.45. The number of rotatable bonds is 4. The molecule has 0 atom stereocenters. The van der Waals surface area contributed by atoms with Crippen LogP contribution in [0.2, 0.25) is 0 Å². The van der Waals surface area contributed by atoms with E-state index in [0.717, 1.165) is 31.9 Å². The Hall–Kier alpha value is -1.29. The summed E-state index contributed by atoms with van der Waals surface area (Å²) < 4.78 is 13.5. The van der Waals surface area contributed by atoms with Crippen LogP contribution in [0.25, 0.3) is 0 Å². The van der Waals surface area contributed by atoms with Gasteiger partial charge in [-0.2, -0.15) is 0 Å². The Bertz CT molecular complexity index is 428. The Morgan fingerprint density at radius 2 is 2.11 bits per heavy atom. The van der Waals surface area contributed by atoms with Crippen molar-refractivity contribution >= 4 is 5.78 Å². The van der Waals surface area contributed by atoms with E-state index in [1.807, 2.05) is 0 Å². The summed E-state index contributed by atoms with van der Waals surface area (Å²) in [4.78, 5) is 15.8. The molecule has 1 fully saturated rings. The SMILES string of the molecule is NCC1(CC(=O)c2ccncc2F)CCCCC1. The summed E-state index contributed by atoms with van der Waals surface area (Å²) in [5, 5.41) is 0. The molecule has 0 bridgehead atoms. The molecule has 0 saturated heterocycles. The number of Topliss-reactive ketones (excluding diaryl/α,β-unsaturated/α-hetero) is 1. The van der Waals surface area contributed by atoms with Crippen molar-refractivity contribution in [2.24, 2.45) is 11.1 Å². The van der Waals surface area contributed by atoms with Gasteiger partial charge >= 0.3 is 0 Å². The Kier molecular flexibility index (Phi) is 4.07. The number of carbonyl (C=O) groups is 1. The predicted octanol–water partition coefficient (Wildman–Crippen LogP) is 2.70. The van der Waals surface area contributed by atoms with Gasteiger partial charge in [0, 0.05) is 12.6 Å². The van der Waals surface area contributed by atoms with Crippen LogP contribution in [-0.4, -0.2) is 17.3 Å². The van der Waals surface area contributed by atoms with Gasteiger partial charge in [0.25, 0.3) is 0 Å². The van der Waals surface area contributed by atoms with Crippen LogP contribution in [0, 0.1) is 11.2 Å². The Labute approximate surface area is 107 Å². The lowest BCUT2D eigenvalue weighted by atomic mass is 9.70. The average Bonchev–Trinajstić information content (AvgIpc) is 2.40. The number of hydrogen-bond acceptors (Lipinski definition) is 3. The molecule has 1 saturated carbocycles. The predicted molar refractivity (Wildman–Crippen MR) is 67.7 cm³/mol. The second-order valence-corrected chi connectivity index (χ2v) is 5.22. The molecule has 0 spiro atoms. The Morgan fingerprint density at radius 1 is 1.39 bits per heavy atom. The van der Waals surface area contributed by atoms with Gasteiger partial charge in [0.1, 0.15) is 0 Å². The average molecular weight is 250 g/mol. The van der Waals surface area contributed by atoms with E-state index in [1.54, 1.807) is 0 Å². The zero-order valence-corrected chi connectivity index (χ0v) is 10.5. The molecule has 1 aliphatic carbocycles. The summed E-state index contributed by atoms with van der Waals surface area (Å²) in [6.07, 6.45) is 8.27. The van der Waals surface area contributed by atoms with E-state index >= 15 is 0 Å². The maximum Gasteiger partial charge on any atom is 0.166 e. The minimum atomic E-state index is -0.537. The standard InChI is InChI=1S/C14H19FN2O/c15-12-9-17-7-4-11(12)13(18)8-14(10-16)5-2-1-3-6-14/h4,7,9H,1-3,5-6,8,10,16H2. The fourth-order valence-corrected chi connectivity index (χ4v) is 2.79.